The Morgan fingerprint density at radius 1 is 1.13 bits per heavy atom. The monoisotopic (exact) mass is 534 g/mol. The first-order chi connectivity index (χ1) is 18.3. The summed E-state index contributed by atoms with van der Waals surface area (Å²) in [6.07, 6.45) is 4.62. The zero-order chi connectivity index (χ0) is 27.2. The van der Waals surface area contributed by atoms with E-state index in [1.54, 1.807) is 32.4 Å². The third kappa shape index (κ3) is 5.75. The van der Waals surface area contributed by atoms with E-state index < -0.39 is 12.0 Å². The largest absolute Gasteiger partial charge is 0.493 e. The molecule has 4 rings (SSSR count). The van der Waals surface area contributed by atoms with Crippen molar-refractivity contribution in [2.45, 2.75) is 59.1 Å². The Bertz CT molecular complexity index is 1500. The Balaban J connectivity index is 1.86. The van der Waals surface area contributed by atoms with Gasteiger partial charge in [0, 0.05) is 5.56 Å². The number of ether oxygens (including phenoxy) is 3. The van der Waals surface area contributed by atoms with Gasteiger partial charge in [-0.05, 0) is 44.9 Å². The minimum Gasteiger partial charge on any atom is -0.493 e. The number of hydrogen-bond donors (Lipinski definition) is 0. The maximum Gasteiger partial charge on any atom is 0.338 e. The smallest absolute Gasteiger partial charge is 0.338 e. The molecule has 7 nitrogen and oxygen atoms in total. The number of esters is 1. The highest BCUT2D eigenvalue weighted by Crippen LogP contribution is 2.33. The van der Waals surface area contributed by atoms with E-state index in [4.69, 9.17) is 14.2 Å². The first kappa shape index (κ1) is 27.4. The molecule has 0 aliphatic carbocycles. The minimum atomic E-state index is -0.643. The van der Waals surface area contributed by atoms with Crippen LogP contribution in [0.5, 0.6) is 11.5 Å². The summed E-state index contributed by atoms with van der Waals surface area (Å²) in [4.78, 5) is 32.3. The van der Waals surface area contributed by atoms with Crippen molar-refractivity contribution in [2.75, 3.05) is 13.7 Å². The molecule has 0 saturated heterocycles. The Hall–Kier alpha value is -3.65. The van der Waals surface area contributed by atoms with Gasteiger partial charge < -0.3 is 14.2 Å². The molecule has 0 saturated carbocycles. The molecule has 0 spiro atoms. The number of rotatable bonds is 10. The van der Waals surface area contributed by atoms with Crippen molar-refractivity contribution in [3.05, 3.63) is 90.6 Å². The van der Waals surface area contributed by atoms with Crippen molar-refractivity contribution >= 4 is 23.4 Å². The van der Waals surface area contributed by atoms with Crippen molar-refractivity contribution in [1.29, 1.82) is 0 Å². The predicted octanol–water partition coefficient (Wildman–Crippen LogP) is 4.76. The van der Waals surface area contributed by atoms with Crippen LogP contribution in [0.25, 0.3) is 6.08 Å². The normalized spacial score (nSPS) is 15.3. The Morgan fingerprint density at radius 2 is 1.89 bits per heavy atom. The molecule has 8 heteroatoms. The van der Waals surface area contributed by atoms with Crippen molar-refractivity contribution < 1.29 is 19.0 Å². The van der Waals surface area contributed by atoms with Crippen LogP contribution in [0.2, 0.25) is 0 Å². The SMILES string of the molecule is CCCCCOc1c(C=c2sc3n(c2=O)C(c2ccccc2)C(C(=O)OC(C)C)=C(C)N=3)cccc1OC. The van der Waals surface area contributed by atoms with Gasteiger partial charge in [0.1, 0.15) is 0 Å². The summed E-state index contributed by atoms with van der Waals surface area (Å²) in [5.74, 6) is 0.744. The van der Waals surface area contributed by atoms with Gasteiger partial charge in [-0.2, -0.15) is 0 Å². The van der Waals surface area contributed by atoms with Crippen LogP contribution in [-0.2, 0) is 9.53 Å². The van der Waals surface area contributed by atoms with Crippen LogP contribution in [-0.4, -0.2) is 30.4 Å². The highest BCUT2D eigenvalue weighted by atomic mass is 32.1. The number of unbranched alkanes of at least 4 members (excludes halogenated alkanes) is 2. The van der Waals surface area contributed by atoms with Crippen LogP contribution in [0, 0.1) is 0 Å². The third-order valence-corrected chi connectivity index (χ3v) is 7.19. The lowest BCUT2D eigenvalue weighted by Gasteiger charge is -2.25. The molecule has 2 heterocycles. The van der Waals surface area contributed by atoms with Gasteiger partial charge in [0.15, 0.2) is 16.3 Å². The van der Waals surface area contributed by atoms with Crippen molar-refractivity contribution in [3.8, 4) is 11.5 Å². The van der Waals surface area contributed by atoms with Crippen LogP contribution in [0.3, 0.4) is 0 Å². The third-order valence-electron chi connectivity index (χ3n) is 6.21. The van der Waals surface area contributed by atoms with Gasteiger partial charge in [0.25, 0.3) is 5.56 Å². The Morgan fingerprint density at radius 3 is 2.58 bits per heavy atom. The van der Waals surface area contributed by atoms with Gasteiger partial charge in [0.05, 0.1) is 41.7 Å². The van der Waals surface area contributed by atoms with E-state index in [0.717, 1.165) is 30.4 Å². The quantitative estimate of drug-likeness (QED) is 0.277. The summed E-state index contributed by atoms with van der Waals surface area (Å²) in [6, 6.07) is 14.5. The molecular weight excluding hydrogens is 500 g/mol. The molecule has 38 heavy (non-hydrogen) atoms. The molecule has 1 aliphatic rings. The number of aromatic nitrogens is 1. The molecule has 3 aromatic rings. The van der Waals surface area contributed by atoms with Gasteiger partial charge in [-0.25, -0.2) is 9.79 Å². The molecule has 0 fully saturated rings. The van der Waals surface area contributed by atoms with E-state index in [2.05, 4.69) is 11.9 Å². The summed E-state index contributed by atoms with van der Waals surface area (Å²) in [5, 5.41) is 0. The Labute approximate surface area is 226 Å². The van der Waals surface area contributed by atoms with Crippen molar-refractivity contribution in [1.82, 2.24) is 4.57 Å². The van der Waals surface area contributed by atoms with Crippen molar-refractivity contribution in [2.24, 2.45) is 4.99 Å². The summed E-state index contributed by atoms with van der Waals surface area (Å²) in [5.41, 5.74) is 2.23. The first-order valence-corrected chi connectivity index (χ1v) is 13.8. The number of fused-ring (bicyclic) bond motifs is 1. The highest BCUT2D eigenvalue weighted by molar-refractivity contribution is 7.07. The number of hydrogen-bond acceptors (Lipinski definition) is 7. The summed E-state index contributed by atoms with van der Waals surface area (Å²) < 4.78 is 19.3. The molecule has 1 atom stereocenters. The lowest BCUT2D eigenvalue weighted by molar-refractivity contribution is -0.143. The van der Waals surface area contributed by atoms with E-state index in [-0.39, 0.29) is 11.7 Å². The second-order valence-corrected chi connectivity index (χ2v) is 10.4. The lowest BCUT2D eigenvalue weighted by atomic mass is 9.96. The molecule has 1 aliphatic heterocycles. The van der Waals surface area contributed by atoms with E-state index in [1.807, 2.05) is 54.6 Å². The number of nitrogens with zero attached hydrogens (tertiary/aromatic N) is 2. The van der Waals surface area contributed by atoms with Crippen LogP contribution >= 0.6 is 11.3 Å². The van der Waals surface area contributed by atoms with Crippen LogP contribution < -0.4 is 24.4 Å². The number of allylic oxidation sites excluding steroid dienone is 1. The second kappa shape index (κ2) is 12.3. The maximum atomic E-state index is 13.9. The average Bonchev–Trinajstić information content (AvgIpc) is 3.20. The molecule has 1 aromatic heterocycles. The second-order valence-electron chi connectivity index (χ2n) is 9.38. The molecule has 0 N–H and O–H groups in total. The van der Waals surface area contributed by atoms with Gasteiger partial charge in [-0.1, -0.05) is 73.6 Å². The molecule has 0 radical (unpaired) electrons. The number of carbonyl (C=O) groups is 1. The average molecular weight is 535 g/mol. The zero-order valence-electron chi connectivity index (χ0n) is 22.5. The fraction of sp³-hybridized carbons (Fsp3) is 0.367. The predicted molar refractivity (Wildman–Crippen MR) is 149 cm³/mol. The van der Waals surface area contributed by atoms with Crippen molar-refractivity contribution in [3.63, 3.8) is 0 Å². The molecule has 0 amide bonds. The molecular formula is C30H34N2O5S. The standard InChI is InChI=1S/C30H34N2O5S/c1-6-7-11-17-36-27-22(15-12-16-23(27)35-5)18-24-28(33)32-26(21-13-9-8-10-14-21)25(29(34)37-19(2)3)20(4)31-30(32)38-24/h8-10,12-16,18-19,26H,6-7,11,17H2,1-5H3. The summed E-state index contributed by atoms with van der Waals surface area (Å²) in [7, 11) is 1.60. The fourth-order valence-corrected chi connectivity index (χ4v) is 5.48. The van der Waals surface area contributed by atoms with E-state index in [0.29, 0.717) is 38.7 Å². The number of carbonyl (C=O) groups excluding carboxylic acids is 1. The number of benzene rings is 2. The topological polar surface area (TPSA) is 79.1 Å². The minimum absolute atomic E-state index is 0.232. The number of methoxy groups -OCH3 is 1. The van der Waals surface area contributed by atoms with Gasteiger partial charge >= 0.3 is 5.97 Å². The van der Waals surface area contributed by atoms with E-state index in [9.17, 15) is 9.59 Å². The zero-order valence-corrected chi connectivity index (χ0v) is 23.3. The number of para-hydroxylation sites is 1. The summed E-state index contributed by atoms with van der Waals surface area (Å²) in [6.45, 7) is 8.10. The lowest BCUT2D eigenvalue weighted by Crippen LogP contribution is -2.40. The van der Waals surface area contributed by atoms with Crippen LogP contribution in [0.4, 0.5) is 0 Å². The van der Waals surface area contributed by atoms with E-state index >= 15 is 0 Å². The Kier molecular flexibility index (Phi) is 8.84. The van der Waals surface area contributed by atoms with Crippen LogP contribution in [0.1, 0.15) is 64.1 Å². The van der Waals surface area contributed by atoms with E-state index in [1.165, 1.54) is 11.3 Å². The van der Waals surface area contributed by atoms with Gasteiger partial charge in [-0.15, -0.1) is 0 Å². The molecule has 2 aromatic carbocycles. The highest BCUT2D eigenvalue weighted by Gasteiger charge is 2.33. The first-order valence-electron chi connectivity index (χ1n) is 12.9. The van der Waals surface area contributed by atoms with Crippen LogP contribution in [0.15, 0.2) is 69.6 Å². The molecule has 1 unspecified atom stereocenters. The number of thiazole rings is 1. The molecule has 200 valence electrons. The maximum absolute atomic E-state index is 13.9. The van der Waals surface area contributed by atoms with Gasteiger partial charge in [0.2, 0.25) is 0 Å². The van der Waals surface area contributed by atoms with Gasteiger partial charge in [-0.3, -0.25) is 9.36 Å². The molecule has 0 bridgehead atoms. The summed E-state index contributed by atoms with van der Waals surface area (Å²) >= 11 is 1.29. The fourth-order valence-electron chi connectivity index (χ4n) is 4.44.